The van der Waals surface area contributed by atoms with Gasteiger partial charge in [0.1, 0.15) is 11.5 Å². The van der Waals surface area contributed by atoms with Crippen molar-refractivity contribution in [1.29, 1.82) is 0 Å². The van der Waals surface area contributed by atoms with Crippen LogP contribution in [0.25, 0.3) is 5.65 Å². The molecular weight excluding hydrogens is 351 g/mol. The molecule has 0 atom stereocenters. The van der Waals surface area contributed by atoms with E-state index in [1.807, 2.05) is 0 Å². The zero-order chi connectivity index (χ0) is 18.1. The summed E-state index contributed by atoms with van der Waals surface area (Å²) < 4.78 is 50.6. The molecule has 0 aliphatic heterocycles. The molecule has 0 N–H and O–H groups in total. The van der Waals surface area contributed by atoms with Crippen molar-refractivity contribution in [3.63, 3.8) is 0 Å². The number of halogens is 3. The van der Waals surface area contributed by atoms with Crippen LogP contribution in [-0.2, 0) is 19.3 Å². The van der Waals surface area contributed by atoms with Gasteiger partial charge in [-0.3, -0.25) is 0 Å². The lowest BCUT2D eigenvalue weighted by Gasteiger charge is -2.21. The number of rotatable bonds is 5. The molecule has 0 aliphatic carbocycles. The predicted molar refractivity (Wildman–Crippen MR) is 83.1 cm³/mol. The Bertz CT molecular complexity index is 957. The number of hydrogen-bond acceptors (Lipinski definition) is 6. The summed E-state index contributed by atoms with van der Waals surface area (Å²) in [5.41, 5.74) is 0.0111. The molecule has 10 heteroatoms. The van der Waals surface area contributed by atoms with E-state index >= 15 is 0 Å². The van der Waals surface area contributed by atoms with E-state index in [1.54, 1.807) is 35.2 Å². The van der Waals surface area contributed by atoms with E-state index in [4.69, 9.17) is 8.83 Å². The quantitative estimate of drug-likeness (QED) is 0.540. The summed E-state index contributed by atoms with van der Waals surface area (Å²) in [5, 5.41) is 10.8. The molecule has 26 heavy (non-hydrogen) atoms. The van der Waals surface area contributed by atoms with Crippen LogP contribution in [0.2, 0.25) is 0 Å². The van der Waals surface area contributed by atoms with E-state index in [-0.39, 0.29) is 5.65 Å². The molecule has 0 bridgehead atoms. The lowest BCUT2D eigenvalue weighted by Crippen LogP contribution is -2.24. The average molecular weight is 363 g/mol. The van der Waals surface area contributed by atoms with Crippen LogP contribution in [0.3, 0.4) is 0 Å². The SMILES string of the molecule is FC(F)(F)c1nnc2ccc(N(Cc3ccco3)Cc3ccco3)nn12. The molecule has 0 spiro atoms. The van der Waals surface area contributed by atoms with Crippen molar-refractivity contribution in [1.82, 2.24) is 19.8 Å². The first-order chi connectivity index (χ1) is 12.5. The minimum Gasteiger partial charge on any atom is -0.467 e. The minimum absolute atomic E-state index is 0.0111. The molecule has 0 saturated heterocycles. The Balaban J connectivity index is 1.74. The third-order valence-corrected chi connectivity index (χ3v) is 3.68. The second-order valence-corrected chi connectivity index (χ2v) is 5.50. The van der Waals surface area contributed by atoms with Gasteiger partial charge in [0.25, 0.3) is 5.82 Å². The number of anilines is 1. The van der Waals surface area contributed by atoms with Gasteiger partial charge in [-0.05, 0) is 36.4 Å². The van der Waals surface area contributed by atoms with Crippen LogP contribution in [0, 0.1) is 0 Å². The van der Waals surface area contributed by atoms with Crippen molar-refractivity contribution in [3.05, 3.63) is 66.3 Å². The zero-order valence-corrected chi connectivity index (χ0v) is 13.2. The Hall–Kier alpha value is -3.30. The first-order valence-electron chi connectivity index (χ1n) is 7.60. The molecular formula is C16H12F3N5O2. The van der Waals surface area contributed by atoms with Crippen molar-refractivity contribution in [2.45, 2.75) is 19.3 Å². The van der Waals surface area contributed by atoms with Crippen LogP contribution < -0.4 is 4.90 Å². The van der Waals surface area contributed by atoms with Crippen LogP contribution in [0.4, 0.5) is 19.0 Å². The highest BCUT2D eigenvalue weighted by Gasteiger charge is 2.37. The van der Waals surface area contributed by atoms with Crippen LogP contribution in [-0.4, -0.2) is 19.8 Å². The van der Waals surface area contributed by atoms with Gasteiger partial charge in [0.2, 0.25) is 0 Å². The Labute approximate surface area is 144 Å². The fourth-order valence-corrected chi connectivity index (χ4v) is 2.52. The van der Waals surface area contributed by atoms with Gasteiger partial charge < -0.3 is 13.7 Å². The summed E-state index contributed by atoms with van der Waals surface area (Å²) in [7, 11) is 0. The number of nitrogens with zero attached hydrogens (tertiary/aromatic N) is 5. The number of aromatic nitrogens is 4. The third kappa shape index (κ3) is 3.13. The molecule has 0 fully saturated rings. The van der Waals surface area contributed by atoms with Crippen molar-refractivity contribution < 1.29 is 22.0 Å². The Morgan fingerprint density at radius 3 is 2.12 bits per heavy atom. The summed E-state index contributed by atoms with van der Waals surface area (Å²) in [5.74, 6) is 0.400. The highest BCUT2D eigenvalue weighted by molar-refractivity contribution is 5.46. The fourth-order valence-electron chi connectivity index (χ4n) is 2.52. The second kappa shape index (κ2) is 6.21. The van der Waals surface area contributed by atoms with Gasteiger partial charge in [0.15, 0.2) is 11.5 Å². The first-order valence-corrected chi connectivity index (χ1v) is 7.60. The maximum Gasteiger partial charge on any atom is 0.453 e. The lowest BCUT2D eigenvalue weighted by atomic mass is 10.3. The van der Waals surface area contributed by atoms with Gasteiger partial charge >= 0.3 is 6.18 Å². The van der Waals surface area contributed by atoms with E-state index in [2.05, 4.69) is 15.3 Å². The van der Waals surface area contributed by atoms with E-state index in [0.29, 0.717) is 34.9 Å². The average Bonchev–Trinajstić information content (AvgIpc) is 3.34. The molecule has 0 amide bonds. The van der Waals surface area contributed by atoms with Gasteiger partial charge in [-0.2, -0.15) is 17.7 Å². The first kappa shape index (κ1) is 16.2. The van der Waals surface area contributed by atoms with Crippen LogP contribution in [0.1, 0.15) is 17.3 Å². The molecule has 4 aromatic rings. The second-order valence-electron chi connectivity index (χ2n) is 5.50. The van der Waals surface area contributed by atoms with E-state index in [0.717, 1.165) is 0 Å². The highest BCUT2D eigenvalue weighted by atomic mass is 19.4. The summed E-state index contributed by atoms with van der Waals surface area (Å²) >= 11 is 0. The largest absolute Gasteiger partial charge is 0.467 e. The molecule has 0 aliphatic rings. The van der Waals surface area contributed by atoms with Crippen molar-refractivity contribution in [2.24, 2.45) is 0 Å². The number of furan rings is 2. The lowest BCUT2D eigenvalue weighted by molar-refractivity contribution is -0.146. The fraction of sp³-hybridized carbons (Fsp3) is 0.188. The van der Waals surface area contributed by atoms with Crippen LogP contribution >= 0.6 is 0 Å². The predicted octanol–water partition coefficient (Wildman–Crippen LogP) is 3.54. The minimum atomic E-state index is -4.65. The summed E-state index contributed by atoms with van der Waals surface area (Å²) in [6, 6.07) is 10.0. The Morgan fingerprint density at radius 2 is 1.58 bits per heavy atom. The van der Waals surface area contributed by atoms with Crippen molar-refractivity contribution in [2.75, 3.05) is 4.90 Å². The van der Waals surface area contributed by atoms with E-state index in [9.17, 15) is 13.2 Å². The molecule has 0 saturated carbocycles. The van der Waals surface area contributed by atoms with Gasteiger partial charge in [0.05, 0.1) is 25.6 Å². The van der Waals surface area contributed by atoms with Gasteiger partial charge in [0, 0.05) is 0 Å². The van der Waals surface area contributed by atoms with Gasteiger partial charge in [-0.25, -0.2) is 0 Å². The van der Waals surface area contributed by atoms with Crippen LogP contribution in [0.5, 0.6) is 0 Å². The molecule has 0 unspecified atom stereocenters. The van der Waals surface area contributed by atoms with Gasteiger partial charge in [-0.1, -0.05) is 0 Å². The molecule has 0 radical (unpaired) electrons. The van der Waals surface area contributed by atoms with Crippen molar-refractivity contribution >= 4 is 11.5 Å². The van der Waals surface area contributed by atoms with E-state index in [1.165, 1.54) is 18.6 Å². The standard InChI is InChI=1S/C16H12F3N5O2/c17-16(18,19)15-21-20-13-5-6-14(22-24(13)15)23(9-11-3-1-7-25-11)10-12-4-2-8-26-12/h1-8H,9-10H2. The number of alkyl halides is 3. The zero-order valence-electron chi connectivity index (χ0n) is 13.2. The molecule has 0 aromatic carbocycles. The van der Waals surface area contributed by atoms with Crippen molar-refractivity contribution in [3.8, 4) is 0 Å². The summed E-state index contributed by atoms with van der Waals surface area (Å²) in [6.07, 6.45) is -1.60. The summed E-state index contributed by atoms with van der Waals surface area (Å²) in [6.45, 7) is 0.603. The molecule has 134 valence electrons. The van der Waals surface area contributed by atoms with E-state index < -0.39 is 12.0 Å². The summed E-state index contributed by atoms with van der Waals surface area (Å²) in [4.78, 5) is 1.73. The number of hydrogen-bond donors (Lipinski definition) is 0. The Morgan fingerprint density at radius 1 is 0.923 bits per heavy atom. The topological polar surface area (TPSA) is 72.6 Å². The molecule has 4 aromatic heterocycles. The highest BCUT2D eigenvalue weighted by Crippen LogP contribution is 2.28. The molecule has 4 heterocycles. The molecule has 4 rings (SSSR count). The van der Waals surface area contributed by atoms with Gasteiger partial charge in [-0.15, -0.1) is 15.3 Å². The Kier molecular flexibility index (Phi) is 3.86. The third-order valence-electron chi connectivity index (χ3n) is 3.68. The smallest absolute Gasteiger partial charge is 0.453 e. The normalized spacial score (nSPS) is 12.0. The molecule has 7 nitrogen and oxygen atoms in total. The van der Waals surface area contributed by atoms with Crippen LogP contribution in [0.15, 0.2) is 57.8 Å². The monoisotopic (exact) mass is 363 g/mol. The number of fused-ring (bicyclic) bond motifs is 1. The maximum absolute atomic E-state index is 13.1. The maximum atomic E-state index is 13.1.